The summed E-state index contributed by atoms with van der Waals surface area (Å²) in [5.41, 5.74) is 6.71. The second kappa shape index (κ2) is 6.67. The molecule has 0 aliphatic rings. The summed E-state index contributed by atoms with van der Waals surface area (Å²) in [4.78, 5) is 39.6. The van der Waals surface area contributed by atoms with Crippen LogP contribution in [0.1, 0.15) is 33.7 Å². The lowest BCUT2D eigenvalue weighted by molar-refractivity contribution is -0.120. The quantitative estimate of drug-likeness (QED) is 0.647. The third-order valence-corrected chi connectivity index (χ3v) is 4.00. The lowest BCUT2D eigenvalue weighted by Crippen LogP contribution is -2.26. The van der Waals surface area contributed by atoms with Gasteiger partial charge in [-0.15, -0.1) is 0 Å². The molecule has 3 rings (SSSR count). The highest BCUT2D eigenvalue weighted by atomic mass is 16.4. The number of hydrogen-bond acceptors (Lipinski definition) is 4. The van der Waals surface area contributed by atoms with Crippen LogP contribution in [0.4, 0.5) is 5.95 Å². The number of nitrogens with one attached hydrogen (secondary N) is 1. The molecule has 1 heterocycles. The highest BCUT2D eigenvalue weighted by Gasteiger charge is 2.22. The number of carbonyl (C=O) groups is 3. The molecule has 2 aromatic carbocycles. The van der Waals surface area contributed by atoms with Crippen LogP contribution in [0.15, 0.2) is 48.5 Å². The summed E-state index contributed by atoms with van der Waals surface area (Å²) in [6.07, 6.45) is 0. The molecule has 1 aromatic heterocycles. The first-order valence-electron chi connectivity index (χ1n) is 7.79. The Bertz CT molecular complexity index is 1010. The minimum Gasteiger partial charge on any atom is -0.478 e. The predicted octanol–water partition coefficient (Wildman–Crippen LogP) is 2.03. The Balaban J connectivity index is 2.10. The van der Waals surface area contributed by atoms with Gasteiger partial charge >= 0.3 is 5.97 Å². The number of hydrogen-bond donors (Lipinski definition) is 3. The standard InChI is InChI=1S/C18H16N4O4/c1-10(15(19)23)22-14-8-7-12(17(25)26)9-13(14)20-18(22)21-16(24)11-5-3-2-4-6-11/h2-10H,1H3,(H2,19,23)(H,25,26)(H,20,21,24). The number of nitrogens with two attached hydrogens (primary N) is 1. The van der Waals surface area contributed by atoms with E-state index in [9.17, 15) is 14.4 Å². The molecule has 0 saturated heterocycles. The molecule has 132 valence electrons. The smallest absolute Gasteiger partial charge is 0.335 e. The summed E-state index contributed by atoms with van der Waals surface area (Å²) >= 11 is 0. The molecule has 0 saturated carbocycles. The van der Waals surface area contributed by atoms with E-state index in [1.54, 1.807) is 37.3 Å². The molecule has 0 fully saturated rings. The molecule has 0 radical (unpaired) electrons. The number of rotatable bonds is 5. The summed E-state index contributed by atoms with van der Waals surface area (Å²) in [6, 6.07) is 12.0. The minimum atomic E-state index is -1.10. The van der Waals surface area contributed by atoms with E-state index < -0.39 is 23.8 Å². The number of benzene rings is 2. The van der Waals surface area contributed by atoms with E-state index in [4.69, 9.17) is 10.8 Å². The number of aromatic carboxylic acids is 1. The summed E-state index contributed by atoms with van der Waals surface area (Å²) < 4.78 is 1.48. The average molecular weight is 352 g/mol. The molecule has 3 aromatic rings. The Kier molecular flexibility index (Phi) is 4.40. The first-order chi connectivity index (χ1) is 12.4. The van der Waals surface area contributed by atoms with E-state index >= 15 is 0 Å². The van der Waals surface area contributed by atoms with Crippen LogP contribution in [-0.2, 0) is 4.79 Å². The Hall–Kier alpha value is -3.68. The molecule has 8 nitrogen and oxygen atoms in total. The van der Waals surface area contributed by atoms with Gasteiger partial charge in [-0.05, 0) is 37.3 Å². The number of anilines is 1. The van der Waals surface area contributed by atoms with Gasteiger partial charge in [0, 0.05) is 5.56 Å². The molecule has 26 heavy (non-hydrogen) atoms. The maximum atomic E-state index is 12.4. The second-order valence-corrected chi connectivity index (χ2v) is 5.71. The highest BCUT2D eigenvalue weighted by molar-refractivity contribution is 6.04. The van der Waals surface area contributed by atoms with Gasteiger partial charge in [0.05, 0.1) is 16.6 Å². The zero-order valence-corrected chi connectivity index (χ0v) is 13.8. The summed E-state index contributed by atoms with van der Waals surface area (Å²) in [5, 5.41) is 11.8. The van der Waals surface area contributed by atoms with Crippen LogP contribution >= 0.6 is 0 Å². The normalized spacial score (nSPS) is 11.9. The van der Waals surface area contributed by atoms with E-state index in [1.165, 1.54) is 22.8 Å². The van der Waals surface area contributed by atoms with Gasteiger partial charge in [0.25, 0.3) is 5.91 Å². The predicted molar refractivity (Wildman–Crippen MR) is 95.0 cm³/mol. The molecule has 0 bridgehead atoms. The van der Waals surface area contributed by atoms with E-state index in [-0.39, 0.29) is 11.5 Å². The Morgan fingerprint density at radius 2 is 1.81 bits per heavy atom. The average Bonchev–Trinajstić information content (AvgIpc) is 2.98. The van der Waals surface area contributed by atoms with Crippen LogP contribution in [0.2, 0.25) is 0 Å². The van der Waals surface area contributed by atoms with Crippen molar-refractivity contribution in [2.45, 2.75) is 13.0 Å². The molecule has 0 aliphatic carbocycles. The highest BCUT2D eigenvalue weighted by Crippen LogP contribution is 2.26. The maximum Gasteiger partial charge on any atom is 0.335 e. The van der Waals surface area contributed by atoms with Crippen molar-refractivity contribution in [1.29, 1.82) is 0 Å². The number of imidazole rings is 1. The van der Waals surface area contributed by atoms with Gasteiger partial charge in [-0.25, -0.2) is 9.78 Å². The number of amides is 2. The van der Waals surface area contributed by atoms with Crippen molar-refractivity contribution in [2.75, 3.05) is 5.32 Å². The third kappa shape index (κ3) is 3.12. The monoisotopic (exact) mass is 352 g/mol. The largest absolute Gasteiger partial charge is 0.478 e. The SMILES string of the molecule is CC(C(N)=O)n1c(NC(=O)c2ccccc2)nc2cc(C(=O)O)ccc21. The van der Waals surface area contributed by atoms with Gasteiger partial charge in [-0.1, -0.05) is 18.2 Å². The van der Waals surface area contributed by atoms with Gasteiger partial charge in [-0.3, -0.25) is 19.5 Å². The Labute approximate surface area is 148 Å². The molecule has 0 aliphatic heterocycles. The Morgan fingerprint density at radius 1 is 1.12 bits per heavy atom. The summed E-state index contributed by atoms with van der Waals surface area (Å²) in [7, 11) is 0. The van der Waals surface area contributed by atoms with Crippen molar-refractivity contribution >= 4 is 34.8 Å². The number of carboxylic acids is 1. The maximum absolute atomic E-state index is 12.4. The number of carboxylic acid groups (broad SMARTS) is 1. The van der Waals surface area contributed by atoms with Crippen LogP contribution in [0.25, 0.3) is 11.0 Å². The number of nitrogens with zero attached hydrogens (tertiary/aromatic N) is 2. The van der Waals surface area contributed by atoms with Gasteiger partial charge in [0.2, 0.25) is 11.9 Å². The van der Waals surface area contributed by atoms with Crippen LogP contribution in [0, 0.1) is 0 Å². The van der Waals surface area contributed by atoms with Gasteiger partial charge in [0.1, 0.15) is 6.04 Å². The van der Waals surface area contributed by atoms with Crippen molar-refractivity contribution in [3.63, 3.8) is 0 Å². The zero-order chi connectivity index (χ0) is 18.8. The fourth-order valence-corrected chi connectivity index (χ4v) is 2.60. The van der Waals surface area contributed by atoms with E-state index in [0.29, 0.717) is 16.6 Å². The van der Waals surface area contributed by atoms with E-state index in [1.807, 2.05) is 0 Å². The molecule has 0 spiro atoms. The van der Waals surface area contributed by atoms with Crippen molar-refractivity contribution < 1.29 is 19.5 Å². The summed E-state index contributed by atoms with van der Waals surface area (Å²) in [6.45, 7) is 1.58. The number of aromatic nitrogens is 2. The van der Waals surface area contributed by atoms with Crippen LogP contribution in [0.3, 0.4) is 0 Å². The minimum absolute atomic E-state index is 0.0508. The Morgan fingerprint density at radius 3 is 2.42 bits per heavy atom. The number of carbonyl (C=O) groups excluding carboxylic acids is 2. The molecule has 2 amide bonds. The van der Waals surface area contributed by atoms with Crippen LogP contribution in [0.5, 0.6) is 0 Å². The zero-order valence-electron chi connectivity index (χ0n) is 13.8. The number of fused-ring (bicyclic) bond motifs is 1. The van der Waals surface area contributed by atoms with Gasteiger partial charge in [-0.2, -0.15) is 0 Å². The third-order valence-electron chi connectivity index (χ3n) is 4.00. The molecule has 1 unspecified atom stereocenters. The van der Waals surface area contributed by atoms with Crippen LogP contribution < -0.4 is 11.1 Å². The van der Waals surface area contributed by atoms with E-state index in [0.717, 1.165) is 0 Å². The fourth-order valence-electron chi connectivity index (χ4n) is 2.60. The first kappa shape index (κ1) is 17.2. The van der Waals surface area contributed by atoms with Gasteiger partial charge < -0.3 is 10.8 Å². The number of primary amides is 1. The summed E-state index contributed by atoms with van der Waals surface area (Å²) in [5.74, 6) is -2.00. The lowest BCUT2D eigenvalue weighted by Gasteiger charge is -2.14. The fraction of sp³-hybridized carbons (Fsp3) is 0.111. The van der Waals surface area contributed by atoms with Crippen molar-refractivity contribution in [1.82, 2.24) is 9.55 Å². The first-order valence-corrected chi connectivity index (χ1v) is 7.79. The van der Waals surface area contributed by atoms with Crippen molar-refractivity contribution in [3.8, 4) is 0 Å². The van der Waals surface area contributed by atoms with Crippen molar-refractivity contribution in [2.24, 2.45) is 5.73 Å². The molecule has 8 heteroatoms. The second-order valence-electron chi connectivity index (χ2n) is 5.71. The topological polar surface area (TPSA) is 127 Å². The molecule has 1 atom stereocenters. The van der Waals surface area contributed by atoms with E-state index in [2.05, 4.69) is 10.3 Å². The van der Waals surface area contributed by atoms with Crippen molar-refractivity contribution in [3.05, 3.63) is 59.7 Å². The molecular weight excluding hydrogens is 336 g/mol. The molecular formula is C18H16N4O4. The van der Waals surface area contributed by atoms with Gasteiger partial charge in [0.15, 0.2) is 0 Å². The van der Waals surface area contributed by atoms with Crippen LogP contribution in [-0.4, -0.2) is 32.4 Å². The molecule has 4 N–H and O–H groups in total. The lowest BCUT2D eigenvalue weighted by atomic mass is 10.2.